The molecule has 5 heteroatoms. The number of carbonyl (C=O) groups excluding carboxylic acids is 1. The van der Waals surface area contributed by atoms with Crippen LogP contribution >= 0.6 is 11.6 Å². The number of imidazole rings is 1. The van der Waals surface area contributed by atoms with Gasteiger partial charge in [-0.2, -0.15) is 0 Å². The fraction of sp³-hybridized carbons (Fsp3) is 0.0909. The van der Waals surface area contributed by atoms with Crippen LogP contribution in [0.15, 0.2) is 30.6 Å². The Balaban J connectivity index is 2.49. The lowest BCUT2D eigenvalue weighted by molar-refractivity contribution is 0.102. The van der Waals surface area contributed by atoms with Gasteiger partial charge in [-0.05, 0) is 18.2 Å². The molecule has 4 nitrogen and oxygen atoms in total. The average molecular weight is 236 g/mol. The molecule has 16 heavy (non-hydrogen) atoms. The fourth-order valence-electron chi connectivity index (χ4n) is 1.42. The summed E-state index contributed by atoms with van der Waals surface area (Å²) in [5.41, 5.74) is 6.49. The van der Waals surface area contributed by atoms with Gasteiger partial charge < -0.3 is 10.3 Å². The molecule has 82 valence electrons. The number of aryl methyl sites for hydroxylation is 1. The molecular weight excluding hydrogens is 226 g/mol. The van der Waals surface area contributed by atoms with Crippen molar-refractivity contribution < 1.29 is 4.79 Å². The quantitative estimate of drug-likeness (QED) is 0.639. The molecule has 0 fully saturated rings. The average Bonchev–Trinajstić information content (AvgIpc) is 2.67. The molecule has 2 rings (SSSR count). The largest absolute Gasteiger partial charge is 0.399 e. The first-order chi connectivity index (χ1) is 7.59. The minimum absolute atomic E-state index is 0.232. The Morgan fingerprint density at radius 1 is 1.50 bits per heavy atom. The summed E-state index contributed by atoms with van der Waals surface area (Å²) in [6.45, 7) is 0. The van der Waals surface area contributed by atoms with Gasteiger partial charge in [0.05, 0.1) is 5.02 Å². The third kappa shape index (κ3) is 1.79. The number of ketones is 1. The summed E-state index contributed by atoms with van der Waals surface area (Å²) in [7, 11) is 1.75. The highest BCUT2D eigenvalue weighted by Crippen LogP contribution is 2.21. The molecule has 2 aromatic rings. The van der Waals surface area contributed by atoms with Crippen molar-refractivity contribution in [3.8, 4) is 0 Å². The topological polar surface area (TPSA) is 60.9 Å². The van der Waals surface area contributed by atoms with Gasteiger partial charge in [-0.15, -0.1) is 0 Å². The second-order valence-corrected chi connectivity index (χ2v) is 3.84. The third-order valence-corrected chi connectivity index (χ3v) is 2.59. The maximum absolute atomic E-state index is 12.1. The van der Waals surface area contributed by atoms with E-state index in [9.17, 15) is 4.79 Å². The van der Waals surface area contributed by atoms with Gasteiger partial charge in [0.25, 0.3) is 0 Å². The summed E-state index contributed by atoms with van der Waals surface area (Å²) >= 11 is 5.95. The van der Waals surface area contributed by atoms with Crippen LogP contribution in [0.1, 0.15) is 16.2 Å². The number of carbonyl (C=O) groups is 1. The molecule has 0 unspecified atom stereocenters. The first-order valence-corrected chi connectivity index (χ1v) is 5.04. The molecule has 0 saturated carbocycles. The van der Waals surface area contributed by atoms with E-state index < -0.39 is 0 Å². The number of aromatic nitrogens is 2. The highest BCUT2D eigenvalue weighted by atomic mass is 35.5. The zero-order chi connectivity index (χ0) is 11.7. The van der Waals surface area contributed by atoms with Gasteiger partial charge in [0.2, 0.25) is 5.78 Å². The Bertz CT molecular complexity index is 548. The Hall–Kier alpha value is -1.81. The van der Waals surface area contributed by atoms with Gasteiger partial charge in [0, 0.05) is 30.7 Å². The van der Waals surface area contributed by atoms with Crippen LogP contribution in [0.5, 0.6) is 0 Å². The van der Waals surface area contributed by atoms with Gasteiger partial charge in [-0.3, -0.25) is 4.79 Å². The summed E-state index contributed by atoms with van der Waals surface area (Å²) < 4.78 is 1.64. The zero-order valence-corrected chi connectivity index (χ0v) is 9.40. The molecule has 1 aromatic heterocycles. The summed E-state index contributed by atoms with van der Waals surface area (Å²) in [5, 5.41) is 0.377. The number of halogens is 1. The molecule has 2 N–H and O–H groups in total. The Morgan fingerprint density at radius 3 is 2.88 bits per heavy atom. The molecule has 1 heterocycles. The maximum atomic E-state index is 12.1. The van der Waals surface area contributed by atoms with Gasteiger partial charge in [-0.25, -0.2) is 4.98 Å². The van der Waals surface area contributed by atoms with Crippen LogP contribution in [0.2, 0.25) is 5.02 Å². The summed E-state index contributed by atoms with van der Waals surface area (Å²) in [5.74, 6) is 0.109. The first-order valence-electron chi connectivity index (χ1n) is 4.66. The number of benzene rings is 1. The second kappa shape index (κ2) is 3.98. The zero-order valence-electron chi connectivity index (χ0n) is 8.64. The predicted molar refractivity (Wildman–Crippen MR) is 62.5 cm³/mol. The predicted octanol–water partition coefficient (Wildman–Crippen LogP) is 1.89. The minimum Gasteiger partial charge on any atom is -0.399 e. The van der Waals surface area contributed by atoms with E-state index in [0.29, 0.717) is 22.1 Å². The highest BCUT2D eigenvalue weighted by molar-refractivity contribution is 6.34. The number of nitrogen functional groups attached to an aromatic ring is 1. The molecule has 0 atom stereocenters. The molecule has 0 aliphatic heterocycles. The lowest BCUT2D eigenvalue weighted by Crippen LogP contribution is -2.09. The SMILES string of the molecule is Cn1ccnc1C(=O)c1cc(N)ccc1Cl. The number of hydrogen-bond donors (Lipinski definition) is 1. The van der Waals surface area contributed by atoms with Crippen molar-refractivity contribution in [2.24, 2.45) is 7.05 Å². The highest BCUT2D eigenvalue weighted by Gasteiger charge is 2.16. The lowest BCUT2D eigenvalue weighted by atomic mass is 10.1. The molecule has 0 aliphatic rings. The molecule has 0 saturated heterocycles. The minimum atomic E-state index is -0.232. The number of rotatable bonds is 2. The normalized spacial score (nSPS) is 10.4. The van der Waals surface area contributed by atoms with E-state index in [1.165, 1.54) is 0 Å². The van der Waals surface area contributed by atoms with E-state index in [1.807, 2.05) is 0 Å². The van der Waals surface area contributed by atoms with Crippen LogP contribution < -0.4 is 5.73 Å². The standard InChI is InChI=1S/C11H10ClN3O/c1-15-5-4-14-11(15)10(16)8-6-7(13)2-3-9(8)12/h2-6H,13H2,1H3. The summed E-state index contributed by atoms with van der Waals surface area (Å²) in [6.07, 6.45) is 3.26. The van der Waals surface area contributed by atoms with Crippen LogP contribution in [-0.4, -0.2) is 15.3 Å². The number of hydrogen-bond acceptors (Lipinski definition) is 3. The molecule has 0 amide bonds. The molecule has 0 spiro atoms. The van der Waals surface area contributed by atoms with E-state index in [4.69, 9.17) is 17.3 Å². The van der Waals surface area contributed by atoms with Crippen molar-refractivity contribution in [3.63, 3.8) is 0 Å². The van der Waals surface area contributed by atoms with Crippen molar-refractivity contribution in [1.29, 1.82) is 0 Å². The van der Waals surface area contributed by atoms with Crippen LogP contribution in [0.3, 0.4) is 0 Å². The molecular formula is C11H10ClN3O. The van der Waals surface area contributed by atoms with Crippen molar-refractivity contribution in [2.45, 2.75) is 0 Å². The van der Waals surface area contributed by atoms with Crippen LogP contribution in [0.4, 0.5) is 5.69 Å². The molecule has 1 aromatic carbocycles. The van der Waals surface area contributed by atoms with Crippen LogP contribution in [0.25, 0.3) is 0 Å². The van der Waals surface area contributed by atoms with Crippen molar-refractivity contribution >= 4 is 23.1 Å². The van der Waals surface area contributed by atoms with Crippen LogP contribution in [-0.2, 0) is 7.05 Å². The third-order valence-electron chi connectivity index (χ3n) is 2.26. The lowest BCUT2D eigenvalue weighted by Gasteiger charge is -2.04. The van der Waals surface area contributed by atoms with E-state index in [0.717, 1.165) is 0 Å². The maximum Gasteiger partial charge on any atom is 0.230 e. The van der Waals surface area contributed by atoms with Crippen molar-refractivity contribution in [2.75, 3.05) is 5.73 Å². The van der Waals surface area contributed by atoms with Crippen molar-refractivity contribution in [3.05, 3.63) is 47.0 Å². The van der Waals surface area contributed by atoms with Gasteiger partial charge in [0.1, 0.15) is 0 Å². The Labute approximate surface area is 97.7 Å². The fourth-order valence-corrected chi connectivity index (χ4v) is 1.63. The second-order valence-electron chi connectivity index (χ2n) is 3.43. The van der Waals surface area contributed by atoms with Gasteiger partial charge >= 0.3 is 0 Å². The van der Waals surface area contributed by atoms with Crippen LogP contribution in [0, 0.1) is 0 Å². The number of anilines is 1. The van der Waals surface area contributed by atoms with Crippen molar-refractivity contribution in [1.82, 2.24) is 9.55 Å². The molecule has 0 radical (unpaired) electrons. The monoisotopic (exact) mass is 235 g/mol. The van der Waals surface area contributed by atoms with E-state index in [-0.39, 0.29) is 5.78 Å². The van der Waals surface area contributed by atoms with Gasteiger partial charge in [-0.1, -0.05) is 11.6 Å². The summed E-state index contributed by atoms with van der Waals surface area (Å²) in [6, 6.07) is 4.81. The van der Waals surface area contributed by atoms with E-state index in [1.54, 1.807) is 42.2 Å². The molecule has 0 bridgehead atoms. The Kier molecular flexibility index (Phi) is 2.66. The van der Waals surface area contributed by atoms with E-state index >= 15 is 0 Å². The summed E-state index contributed by atoms with van der Waals surface area (Å²) in [4.78, 5) is 16.1. The smallest absolute Gasteiger partial charge is 0.230 e. The molecule has 0 aliphatic carbocycles. The van der Waals surface area contributed by atoms with Gasteiger partial charge in [0.15, 0.2) is 5.82 Å². The Morgan fingerprint density at radius 2 is 2.25 bits per heavy atom. The first kappa shape index (κ1) is 10.7. The van der Waals surface area contributed by atoms with E-state index in [2.05, 4.69) is 4.98 Å². The number of nitrogens with two attached hydrogens (primary N) is 1. The number of nitrogens with zero attached hydrogens (tertiary/aromatic N) is 2.